The molecule has 2 aromatic rings. The third-order valence-corrected chi connectivity index (χ3v) is 7.29. The molecule has 1 aliphatic rings. The fraction of sp³-hybridized carbons (Fsp3) is 0.429. The number of likely N-dealkylation sites (tertiary alicyclic amines) is 1. The Labute approximate surface area is 223 Å². The van der Waals surface area contributed by atoms with Crippen molar-refractivity contribution in [1.82, 2.24) is 9.80 Å². The number of hydrogen-bond acceptors (Lipinski definition) is 5. The molecule has 1 heterocycles. The maximum atomic E-state index is 13.3. The number of Topliss-reactive ketones (excluding diaryl/α,β-unsaturated/α-hetero) is 1. The average molecular weight is 533 g/mol. The number of carbonyl (C=O) groups is 2. The molecule has 0 spiro atoms. The molecule has 1 saturated heterocycles. The van der Waals surface area contributed by atoms with Crippen LogP contribution in [0.3, 0.4) is 0 Å². The highest BCUT2D eigenvalue weighted by Gasteiger charge is 2.46. The summed E-state index contributed by atoms with van der Waals surface area (Å²) in [6.45, 7) is 11.3. The van der Waals surface area contributed by atoms with E-state index in [1.165, 1.54) is 4.90 Å². The van der Waals surface area contributed by atoms with Crippen molar-refractivity contribution in [3.63, 3.8) is 0 Å². The zero-order chi connectivity index (χ0) is 26.4. The molecule has 0 radical (unpaired) electrons. The molecule has 194 valence electrons. The van der Waals surface area contributed by atoms with Gasteiger partial charge < -0.3 is 19.6 Å². The van der Waals surface area contributed by atoms with Gasteiger partial charge in [0.25, 0.3) is 11.7 Å². The molecule has 1 atom stereocenters. The first kappa shape index (κ1) is 28.0. The van der Waals surface area contributed by atoms with Gasteiger partial charge in [-0.2, -0.15) is 0 Å². The fourth-order valence-electron chi connectivity index (χ4n) is 4.37. The number of aliphatic hydroxyl groups excluding tert-OH is 1. The normalized spacial score (nSPS) is 17.3. The molecule has 0 saturated carbocycles. The summed E-state index contributed by atoms with van der Waals surface area (Å²) < 4.78 is 5.82. The first-order valence-electron chi connectivity index (χ1n) is 12.4. The zero-order valence-corrected chi connectivity index (χ0v) is 22.8. The maximum Gasteiger partial charge on any atom is 0.295 e. The highest BCUT2D eigenvalue weighted by Crippen LogP contribution is 2.41. The maximum absolute atomic E-state index is 13.3. The van der Waals surface area contributed by atoms with E-state index in [1.807, 2.05) is 20.8 Å². The van der Waals surface area contributed by atoms with Crippen LogP contribution >= 0.6 is 23.2 Å². The molecular formula is C28H34Cl2N2O4. The minimum absolute atomic E-state index is 0.0389. The molecule has 1 N–H and O–H groups in total. The molecular weight excluding hydrogens is 499 g/mol. The van der Waals surface area contributed by atoms with Crippen molar-refractivity contribution >= 4 is 40.7 Å². The Balaban J connectivity index is 2.06. The predicted molar refractivity (Wildman–Crippen MR) is 145 cm³/mol. The van der Waals surface area contributed by atoms with Gasteiger partial charge in [-0.25, -0.2) is 0 Å². The van der Waals surface area contributed by atoms with Crippen molar-refractivity contribution in [2.24, 2.45) is 0 Å². The zero-order valence-electron chi connectivity index (χ0n) is 21.3. The van der Waals surface area contributed by atoms with Crippen molar-refractivity contribution in [2.45, 2.75) is 46.6 Å². The first-order chi connectivity index (χ1) is 17.2. The number of aryl methyl sites for hydroxylation is 1. The number of aliphatic hydroxyl groups is 1. The molecule has 1 aliphatic heterocycles. The topological polar surface area (TPSA) is 70.1 Å². The Hall–Kier alpha value is -2.54. The second-order valence-electron chi connectivity index (χ2n) is 8.88. The van der Waals surface area contributed by atoms with E-state index in [2.05, 4.69) is 11.8 Å². The SMILES string of the molecule is CCCCOc1ccc(C(O)=C2C(=O)C(=O)N(CCN(CC)CC)[C@@H]2c2ccc(Cl)c(Cl)c2)cc1C. The average Bonchev–Trinajstić information content (AvgIpc) is 3.12. The van der Waals surface area contributed by atoms with Crippen LogP contribution in [0.1, 0.15) is 56.3 Å². The van der Waals surface area contributed by atoms with Gasteiger partial charge in [-0.15, -0.1) is 0 Å². The van der Waals surface area contributed by atoms with Crippen LogP contribution in [-0.2, 0) is 9.59 Å². The van der Waals surface area contributed by atoms with E-state index in [9.17, 15) is 14.7 Å². The Morgan fingerprint density at radius 2 is 1.78 bits per heavy atom. The van der Waals surface area contributed by atoms with Gasteiger partial charge in [-0.1, -0.05) is 56.5 Å². The van der Waals surface area contributed by atoms with Gasteiger partial charge in [0.2, 0.25) is 0 Å². The van der Waals surface area contributed by atoms with Crippen molar-refractivity contribution in [3.05, 3.63) is 68.7 Å². The number of halogens is 2. The summed E-state index contributed by atoms with van der Waals surface area (Å²) >= 11 is 12.4. The molecule has 8 heteroatoms. The van der Waals surface area contributed by atoms with Gasteiger partial charge in [-0.3, -0.25) is 9.59 Å². The molecule has 1 amide bonds. The number of unbranched alkanes of at least 4 members (excludes halogenated alkanes) is 1. The summed E-state index contributed by atoms with van der Waals surface area (Å²) in [5, 5.41) is 12.0. The molecule has 1 fully saturated rings. The van der Waals surface area contributed by atoms with Crippen LogP contribution in [0.2, 0.25) is 10.0 Å². The van der Waals surface area contributed by atoms with Crippen LogP contribution in [0.4, 0.5) is 0 Å². The van der Waals surface area contributed by atoms with Gasteiger partial charge in [0.05, 0.1) is 28.3 Å². The molecule has 36 heavy (non-hydrogen) atoms. The second-order valence-corrected chi connectivity index (χ2v) is 9.69. The van der Waals surface area contributed by atoms with Gasteiger partial charge >= 0.3 is 0 Å². The van der Waals surface area contributed by atoms with Crippen molar-refractivity contribution < 1.29 is 19.4 Å². The first-order valence-corrected chi connectivity index (χ1v) is 13.2. The third-order valence-electron chi connectivity index (χ3n) is 6.55. The lowest BCUT2D eigenvalue weighted by atomic mass is 9.94. The quantitative estimate of drug-likeness (QED) is 0.160. The molecule has 0 unspecified atom stereocenters. The van der Waals surface area contributed by atoms with Gasteiger partial charge in [0, 0.05) is 18.7 Å². The number of rotatable bonds is 11. The van der Waals surface area contributed by atoms with Crippen LogP contribution in [0, 0.1) is 6.92 Å². The summed E-state index contributed by atoms with van der Waals surface area (Å²) in [5.41, 5.74) is 1.93. The van der Waals surface area contributed by atoms with Crippen LogP contribution < -0.4 is 4.74 Å². The number of ketones is 1. The number of hydrogen-bond donors (Lipinski definition) is 1. The third kappa shape index (κ3) is 6.05. The van der Waals surface area contributed by atoms with E-state index >= 15 is 0 Å². The smallest absolute Gasteiger partial charge is 0.295 e. The number of amides is 1. The van der Waals surface area contributed by atoms with Crippen molar-refractivity contribution in [2.75, 3.05) is 32.8 Å². The summed E-state index contributed by atoms with van der Waals surface area (Å²) in [6, 6.07) is 9.49. The Bertz CT molecular complexity index is 1140. The minimum Gasteiger partial charge on any atom is -0.507 e. The number of likely N-dealkylation sites (N-methyl/N-ethyl adjacent to an activating group) is 1. The van der Waals surface area contributed by atoms with E-state index in [-0.39, 0.29) is 11.3 Å². The molecule has 3 rings (SSSR count). The molecule has 0 bridgehead atoms. The highest BCUT2D eigenvalue weighted by atomic mass is 35.5. The number of benzene rings is 2. The molecule has 2 aromatic carbocycles. The summed E-state index contributed by atoms with van der Waals surface area (Å²) in [5.74, 6) is -0.862. The molecule has 6 nitrogen and oxygen atoms in total. The van der Waals surface area contributed by atoms with Crippen LogP contribution in [0.5, 0.6) is 5.75 Å². The summed E-state index contributed by atoms with van der Waals surface area (Å²) in [4.78, 5) is 30.1. The van der Waals surface area contributed by atoms with Crippen LogP contribution in [0.25, 0.3) is 5.76 Å². The van der Waals surface area contributed by atoms with E-state index in [0.717, 1.165) is 37.2 Å². The summed E-state index contributed by atoms with van der Waals surface area (Å²) in [6.07, 6.45) is 1.97. The lowest BCUT2D eigenvalue weighted by molar-refractivity contribution is -0.140. The highest BCUT2D eigenvalue weighted by molar-refractivity contribution is 6.46. The predicted octanol–water partition coefficient (Wildman–Crippen LogP) is 6.24. The number of carbonyl (C=O) groups excluding carboxylic acids is 2. The minimum atomic E-state index is -0.781. The Morgan fingerprint density at radius 1 is 1.06 bits per heavy atom. The van der Waals surface area contributed by atoms with E-state index in [0.29, 0.717) is 40.9 Å². The van der Waals surface area contributed by atoms with Crippen molar-refractivity contribution in [3.8, 4) is 5.75 Å². The Morgan fingerprint density at radius 3 is 2.39 bits per heavy atom. The Kier molecular flexibility index (Phi) is 9.83. The van der Waals surface area contributed by atoms with Gasteiger partial charge in [-0.05, 0) is 67.9 Å². The fourth-order valence-corrected chi connectivity index (χ4v) is 4.68. The van der Waals surface area contributed by atoms with Crippen LogP contribution in [-0.4, -0.2) is 59.4 Å². The summed E-state index contributed by atoms with van der Waals surface area (Å²) in [7, 11) is 0. The number of ether oxygens (including phenoxy) is 1. The largest absolute Gasteiger partial charge is 0.507 e. The van der Waals surface area contributed by atoms with E-state index in [4.69, 9.17) is 27.9 Å². The van der Waals surface area contributed by atoms with E-state index < -0.39 is 17.7 Å². The lowest BCUT2D eigenvalue weighted by Gasteiger charge is -2.28. The second kappa shape index (κ2) is 12.6. The van der Waals surface area contributed by atoms with E-state index in [1.54, 1.807) is 36.4 Å². The monoisotopic (exact) mass is 532 g/mol. The molecule has 0 aliphatic carbocycles. The lowest BCUT2D eigenvalue weighted by Crippen LogP contribution is -2.38. The molecule has 0 aromatic heterocycles. The van der Waals surface area contributed by atoms with Gasteiger partial charge in [0.1, 0.15) is 11.5 Å². The van der Waals surface area contributed by atoms with Gasteiger partial charge in [0.15, 0.2) is 0 Å². The van der Waals surface area contributed by atoms with Crippen LogP contribution in [0.15, 0.2) is 42.0 Å². The standard InChI is InChI=1S/C28H34Cl2N2O4/c1-5-8-15-36-23-12-10-20(16-18(23)4)26(33)24-25(19-9-11-21(29)22(30)17-19)32(28(35)27(24)34)14-13-31(6-2)7-3/h9-12,16-17,25,33H,5-8,13-15H2,1-4H3/t25-/m1/s1. The number of nitrogens with zero attached hydrogens (tertiary/aromatic N) is 2. The van der Waals surface area contributed by atoms with Crippen molar-refractivity contribution in [1.29, 1.82) is 0 Å².